The van der Waals surface area contributed by atoms with Gasteiger partial charge in [-0.25, -0.2) is 0 Å². The summed E-state index contributed by atoms with van der Waals surface area (Å²) in [6.07, 6.45) is 1.68. The molecule has 0 unspecified atom stereocenters. The van der Waals surface area contributed by atoms with E-state index in [-0.39, 0.29) is 0 Å². The maximum Gasteiger partial charge on any atom is 0.191 e. The summed E-state index contributed by atoms with van der Waals surface area (Å²) in [5, 5.41) is 20.4. The third-order valence-electron chi connectivity index (χ3n) is 3.23. The monoisotopic (exact) mass is 292 g/mol. The molecule has 21 heavy (non-hydrogen) atoms. The number of thiophene rings is 1. The number of hydrogen-bond donors (Lipinski definition) is 1. The van der Waals surface area contributed by atoms with Crippen molar-refractivity contribution in [1.29, 1.82) is 5.26 Å². The standard InChI is InChI=1S/C15H8N4OS/c16-8-11-15(18-19-17-11)14-4-3-13(21-14)10-1-2-12-9(7-10)5-6-20-12/h1-7H,(H,17,18,19). The molecule has 0 saturated carbocycles. The fourth-order valence-electron chi connectivity index (χ4n) is 2.22. The van der Waals surface area contributed by atoms with Gasteiger partial charge in [-0.1, -0.05) is 0 Å². The molecule has 0 bridgehead atoms. The van der Waals surface area contributed by atoms with Crippen LogP contribution in [0, 0.1) is 11.3 Å². The molecule has 0 aliphatic rings. The summed E-state index contributed by atoms with van der Waals surface area (Å²) >= 11 is 1.58. The molecule has 1 aromatic carbocycles. The molecule has 0 atom stereocenters. The zero-order valence-corrected chi connectivity index (χ0v) is 11.5. The molecule has 0 amide bonds. The van der Waals surface area contributed by atoms with Gasteiger partial charge >= 0.3 is 0 Å². The summed E-state index contributed by atoms with van der Waals surface area (Å²) in [5.41, 5.74) is 2.90. The maximum absolute atomic E-state index is 9.01. The average Bonchev–Trinajstić information content (AvgIpc) is 3.24. The Kier molecular flexibility index (Phi) is 2.59. The summed E-state index contributed by atoms with van der Waals surface area (Å²) in [6, 6.07) is 14.0. The van der Waals surface area contributed by atoms with E-state index in [1.165, 1.54) is 0 Å². The lowest BCUT2D eigenvalue weighted by Gasteiger charge is -1.97. The van der Waals surface area contributed by atoms with E-state index in [4.69, 9.17) is 9.68 Å². The zero-order chi connectivity index (χ0) is 14.2. The minimum atomic E-state index is 0.314. The first-order chi connectivity index (χ1) is 10.3. The molecule has 100 valence electrons. The Hall–Kier alpha value is -2.91. The van der Waals surface area contributed by atoms with Crippen LogP contribution in [0.3, 0.4) is 0 Å². The van der Waals surface area contributed by atoms with Gasteiger partial charge in [-0.3, -0.25) is 0 Å². The quantitative estimate of drug-likeness (QED) is 0.609. The van der Waals surface area contributed by atoms with Crippen molar-refractivity contribution in [3.05, 3.63) is 48.4 Å². The summed E-state index contributed by atoms with van der Waals surface area (Å²) in [4.78, 5) is 2.03. The highest BCUT2D eigenvalue weighted by molar-refractivity contribution is 7.18. The lowest BCUT2D eigenvalue weighted by atomic mass is 10.1. The first kappa shape index (κ1) is 11.9. The Labute approximate surface area is 123 Å². The van der Waals surface area contributed by atoms with Gasteiger partial charge in [0.15, 0.2) is 5.69 Å². The third-order valence-corrected chi connectivity index (χ3v) is 4.37. The molecular weight excluding hydrogens is 284 g/mol. The Morgan fingerprint density at radius 2 is 2.00 bits per heavy atom. The molecule has 0 saturated heterocycles. The maximum atomic E-state index is 9.01. The highest BCUT2D eigenvalue weighted by Crippen LogP contribution is 2.35. The van der Waals surface area contributed by atoms with Crippen molar-refractivity contribution in [3.63, 3.8) is 0 Å². The van der Waals surface area contributed by atoms with Gasteiger partial charge in [0.1, 0.15) is 17.3 Å². The average molecular weight is 292 g/mol. The van der Waals surface area contributed by atoms with Gasteiger partial charge in [-0.2, -0.15) is 15.6 Å². The molecule has 0 radical (unpaired) electrons. The van der Waals surface area contributed by atoms with Crippen molar-refractivity contribution < 1.29 is 4.42 Å². The van der Waals surface area contributed by atoms with E-state index in [0.29, 0.717) is 11.4 Å². The molecule has 4 aromatic rings. The fraction of sp³-hybridized carbons (Fsp3) is 0. The van der Waals surface area contributed by atoms with E-state index in [9.17, 15) is 0 Å². The molecule has 3 heterocycles. The summed E-state index contributed by atoms with van der Waals surface area (Å²) in [5.74, 6) is 0. The summed E-state index contributed by atoms with van der Waals surface area (Å²) in [6.45, 7) is 0. The van der Waals surface area contributed by atoms with Crippen molar-refractivity contribution >= 4 is 22.3 Å². The number of nitrogens with zero attached hydrogens (tertiary/aromatic N) is 3. The van der Waals surface area contributed by atoms with Crippen molar-refractivity contribution in [2.24, 2.45) is 0 Å². The van der Waals surface area contributed by atoms with Crippen LogP contribution in [-0.2, 0) is 0 Å². The molecule has 6 heteroatoms. The van der Waals surface area contributed by atoms with Crippen LogP contribution in [0.25, 0.3) is 32.0 Å². The number of H-pyrrole nitrogens is 1. The molecule has 0 aliphatic carbocycles. The predicted molar refractivity (Wildman–Crippen MR) is 79.6 cm³/mol. The number of nitrogens with one attached hydrogen (secondary N) is 1. The van der Waals surface area contributed by atoms with E-state index < -0.39 is 0 Å². The van der Waals surface area contributed by atoms with Crippen LogP contribution in [0.5, 0.6) is 0 Å². The van der Waals surface area contributed by atoms with Gasteiger partial charge in [-0.15, -0.1) is 16.4 Å². The topological polar surface area (TPSA) is 78.5 Å². The van der Waals surface area contributed by atoms with Crippen LogP contribution >= 0.6 is 11.3 Å². The SMILES string of the molecule is N#Cc1n[nH]nc1-c1ccc(-c2ccc3occc3c2)s1. The molecule has 5 nitrogen and oxygen atoms in total. The Bertz CT molecular complexity index is 973. The number of fused-ring (bicyclic) bond motifs is 1. The molecule has 0 spiro atoms. The number of aromatic nitrogens is 3. The van der Waals surface area contributed by atoms with Gasteiger partial charge in [-0.05, 0) is 42.0 Å². The molecule has 3 aromatic heterocycles. The van der Waals surface area contributed by atoms with Gasteiger partial charge in [0.05, 0.1) is 11.1 Å². The van der Waals surface area contributed by atoms with Crippen molar-refractivity contribution in [3.8, 4) is 27.1 Å². The molecule has 0 fully saturated rings. The first-order valence-corrected chi connectivity index (χ1v) is 7.05. The van der Waals surface area contributed by atoms with Gasteiger partial charge in [0.2, 0.25) is 0 Å². The van der Waals surface area contributed by atoms with Crippen LogP contribution in [0.2, 0.25) is 0 Å². The fourth-order valence-corrected chi connectivity index (χ4v) is 3.21. The molecular formula is C15H8N4OS. The second-order valence-corrected chi connectivity index (χ2v) is 5.55. The third kappa shape index (κ3) is 1.91. The molecule has 4 rings (SSSR count). The second-order valence-electron chi connectivity index (χ2n) is 4.47. The number of rotatable bonds is 2. The van der Waals surface area contributed by atoms with E-state index in [1.807, 2.05) is 36.4 Å². The van der Waals surface area contributed by atoms with Crippen LogP contribution in [-0.4, -0.2) is 15.4 Å². The van der Waals surface area contributed by atoms with Crippen LogP contribution in [0.1, 0.15) is 5.69 Å². The van der Waals surface area contributed by atoms with E-state index in [2.05, 4.69) is 21.5 Å². The number of hydrogen-bond acceptors (Lipinski definition) is 5. The van der Waals surface area contributed by atoms with E-state index >= 15 is 0 Å². The Balaban J connectivity index is 1.79. The van der Waals surface area contributed by atoms with Crippen molar-refractivity contribution in [2.75, 3.05) is 0 Å². The molecule has 0 aliphatic heterocycles. The number of benzene rings is 1. The second kappa shape index (κ2) is 4.58. The predicted octanol–water partition coefficient (Wildman–Crippen LogP) is 3.82. The Morgan fingerprint density at radius 1 is 1.10 bits per heavy atom. The first-order valence-electron chi connectivity index (χ1n) is 6.24. The minimum absolute atomic E-state index is 0.314. The van der Waals surface area contributed by atoms with Crippen molar-refractivity contribution in [2.45, 2.75) is 0 Å². The number of nitriles is 1. The van der Waals surface area contributed by atoms with E-state index in [0.717, 1.165) is 26.3 Å². The van der Waals surface area contributed by atoms with Crippen LogP contribution in [0.4, 0.5) is 0 Å². The lowest BCUT2D eigenvalue weighted by molar-refractivity contribution is 0.616. The van der Waals surface area contributed by atoms with Crippen LogP contribution < -0.4 is 0 Å². The summed E-state index contributed by atoms with van der Waals surface area (Å²) < 4.78 is 5.35. The smallest absolute Gasteiger partial charge is 0.191 e. The number of furan rings is 1. The van der Waals surface area contributed by atoms with Crippen molar-refractivity contribution in [1.82, 2.24) is 15.4 Å². The summed E-state index contributed by atoms with van der Waals surface area (Å²) in [7, 11) is 0. The largest absolute Gasteiger partial charge is 0.464 e. The zero-order valence-electron chi connectivity index (χ0n) is 10.7. The Morgan fingerprint density at radius 3 is 2.90 bits per heavy atom. The molecule has 1 N–H and O–H groups in total. The highest BCUT2D eigenvalue weighted by atomic mass is 32.1. The lowest BCUT2D eigenvalue weighted by Crippen LogP contribution is -1.77. The van der Waals surface area contributed by atoms with Crippen LogP contribution in [0.15, 0.2) is 47.1 Å². The van der Waals surface area contributed by atoms with Gasteiger partial charge in [0, 0.05) is 10.3 Å². The van der Waals surface area contributed by atoms with Gasteiger partial charge < -0.3 is 4.42 Å². The normalized spacial score (nSPS) is 10.8. The van der Waals surface area contributed by atoms with E-state index in [1.54, 1.807) is 17.6 Å². The number of aromatic amines is 1. The van der Waals surface area contributed by atoms with Gasteiger partial charge in [0.25, 0.3) is 0 Å². The minimum Gasteiger partial charge on any atom is -0.464 e. The highest BCUT2D eigenvalue weighted by Gasteiger charge is 2.13.